The molecule has 31 heavy (non-hydrogen) atoms. The summed E-state index contributed by atoms with van der Waals surface area (Å²) in [6.45, 7) is 4.68. The summed E-state index contributed by atoms with van der Waals surface area (Å²) >= 11 is 1.76. The van der Waals surface area contributed by atoms with Crippen LogP contribution in [0.2, 0.25) is 0 Å². The van der Waals surface area contributed by atoms with Crippen molar-refractivity contribution in [3.63, 3.8) is 0 Å². The van der Waals surface area contributed by atoms with Gasteiger partial charge in [-0.3, -0.25) is 4.57 Å². The quantitative estimate of drug-likeness (QED) is 0.268. The van der Waals surface area contributed by atoms with Crippen LogP contribution in [0.1, 0.15) is 25.0 Å². The first kappa shape index (κ1) is 17.3. The average Bonchev–Trinajstić information content (AvgIpc) is 3.42. The van der Waals surface area contributed by atoms with Gasteiger partial charge in [-0.25, -0.2) is 4.98 Å². The molecule has 0 unspecified atom stereocenters. The van der Waals surface area contributed by atoms with Crippen LogP contribution in [0.5, 0.6) is 0 Å². The first-order chi connectivity index (χ1) is 15.1. The second-order valence-corrected chi connectivity index (χ2v) is 9.91. The van der Waals surface area contributed by atoms with E-state index < -0.39 is 0 Å². The number of fused-ring (bicyclic) bond motifs is 7. The highest BCUT2D eigenvalue weighted by Gasteiger charge is 2.36. The Kier molecular flexibility index (Phi) is 3.25. The Morgan fingerprint density at radius 1 is 0.710 bits per heavy atom. The number of hydrogen-bond donors (Lipinski definition) is 0. The molecule has 148 valence electrons. The summed E-state index contributed by atoms with van der Waals surface area (Å²) in [4.78, 5) is 5.01. The molecule has 0 fully saturated rings. The fourth-order valence-corrected chi connectivity index (χ4v) is 6.32. The number of hydrogen-bond acceptors (Lipinski definition) is 2. The van der Waals surface area contributed by atoms with Crippen LogP contribution < -0.4 is 0 Å². The third-order valence-electron chi connectivity index (χ3n) is 6.85. The third kappa shape index (κ3) is 2.19. The normalized spacial score (nSPS) is 14.4. The number of aromatic nitrogens is 2. The number of para-hydroxylation sites is 2. The van der Waals surface area contributed by atoms with Crippen LogP contribution in [0, 0.1) is 0 Å². The number of benzene rings is 4. The van der Waals surface area contributed by atoms with E-state index >= 15 is 0 Å². The molecule has 0 saturated heterocycles. The van der Waals surface area contributed by atoms with Crippen LogP contribution in [0.15, 0.2) is 84.9 Å². The molecule has 2 aromatic heterocycles. The van der Waals surface area contributed by atoms with Crippen molar-refractivity contribution >= 4 is 43.4 Å². The van der Waals surface area contributed by atoms with Crippen LogP contribution >= 0.6 is 11.3 Å². The molecule has 0 aliphatic heterocycles. The zero-order valence-electron chi connectivity index (χ0n) is 17.4. The highest BCUT2D eigenvalue weighted by Crippen LogP contribution is 2.51. The minimum Gasteiger partial charge on any atom is -0.285 e. The largest absolute Gasteiger partial charge is 0.285 e. The summed E-state index contributed by atoms with van der Waals surface area (Å²) in [5, 5.41) is 3.60. The van der Waals surface area contributed by atoms with Gasteiger partial charge in [0.15, 0.2) is 5.13 Å². The van der Waals surface area contributed by atoms with Gasteiger partial charge in [0.05, 0.1) is 21.3 Å². The van der Waals surface area contributed by atoms with Gasteiger partial charge in [0, 0.05) is 16.2 Å². The van der Waals surface area contributed by atoms with Crippen molar-refractivity contribution in [3.05, 3.63) is 96.1 Å². The first-order valence-electron chi connectivity index (χ1n) is 10.7. The van der Waals surface area contributed by atoms with E-state index in [1.807, 2.05) is 0 Å². The summed E-state index contributed by atoms with van der Waals surface area (Å²) in [5.41, 5.74) is 9.02. The minimum absolute atomic E-state index is 0.0189. The molecule has 0 amide bonds. The van der Waals surface area contributed by atoms with Gasteiger partial charge in [0.25, 0.3) is 0 Å². The smallest absolute Gasteiger partial charge is 0.195 e. The van der Waals surface area contributed by atoms with E-state index in [-0.39, 0.29) is 5.41 Å². The zero-order valence-corrected chi connectivity index (χ0v) is 18.2. The second kappa shape index (κ2) is 5.83. The molecule has 3 heteroatoms. The van der Waals surface area contributed by atoms with Gasteiger partial charge in [-0.1, -0.05) is 79.8 Å². The van der Waals surface area contributed by atoms with Crippen molar-refractivity contribution in [1.82, 2.24) is 9.55 Å². The van der Waals surface area contributed by atoms with Gasteiger partial charge in [0.2, 0.25) is 0 Å². The summed E-state index contributed by atoms with van der Waals surface area (Å²) in [5.74, 6) is 0. The Morgan fingerprint density at radius 3 is 2.39 bits per heavy atom. The average molecular weight is 417 g/mol. The summed E-state index contributed by atoms with van der Waals surface area (Å²) in [7, 11) is 0. The predicted octanol–water partition coefficient (Wildman–Crippen LogP) is 7.70. The monoisotopic (exact) mass is 416 g/mol. The van der Waals surface area contributed by atoms with Gasteiger partial charge >= 0.3 is 0 Å². The van der Waals surface area contributed by atoms with E-state index in [1.165, 1.54) is 48.8 Å². The number of thiazole rings is 1. The van der Waals surface area contributed by atoms with Crippen molar-refractivity contribution in [2.45, 2.75) is 19.3 Å². The van der Waals surface area contributed by atoms with Crippen molar-refractivity contribution in [1.29, 1.82) is 0 Å². The maximum Gasteiger partial charge on any atom is 0.195 e. The van der Waals surface area contributed by atoms with Crippen LogP contribution in [0.3, 0.4) is 0 Å². The standard InChI is InChI=1S/C28H20N2S/c1-28(2)21-11-5-3-9-17(21)19-15-20-18-10-4-7-13-24(18)30(25(20)16-22(19)28)27-29-23-12-6-8-14-26(23)31-27/h3-16H,1-2H3. The van der Waals surface area contributed by atoms with Gasteiger partial charge in [-0.05, 0) is 52.6 Å². The highest BCUT2D eigenvalue weighted by atomic mass is 32.1. The maximum absolute atomic E-state index is 5.01. The molecule has 0 bridgehead atoms. The van der Waals surface area contributed by atoms with Crippen molar-refractivity contribution in [2.75, 3.05) is 0 Å². The van der Waals surface area contributed by atoms with Crippen LogP contribution in [-0.4, -0.2) is 9.55 Å². The summed E-state index contributed by atoms with van der Waals surface area (Å²) in [6.07, 6.45) is 0. The van der Waals surface area contributed by atoms with Crippen molar-refractivity contribution in [3.8, 4) is 16.3 Å². The van der Waals surface area contributed by atoms with E-state index in [0.717, 1.165) is 10.6 Å². The summed E-state index contributed by atoms with van der Waals surface area (Å²) in [6, 6.07) is 30.8. The third-order valence-corrected chi connectivity index (χ3v) is 7.87. The molecule has 7 rings (SSSR count). The molecule has 6 aromatic rings. The molecule has 2 heterocycles. The Bertz CT molecular complexity index is 1630. The second-order valence-electron chi connectivity index (χ2n) is 8.90. The van der Waals surface area contributed by atoms with Crippen molar-refractivity contribution < 1.29 is 0 Å². The van der Waals surface area contributed by atoms with Crippen LogP contribution in [-0.2, 0) is 5.41 Å². The molecule has 0 spiro atoms. The van der Waals surface area contributed by atoms with Crippen LogP contribution in [0.25, 0.3) is 48.3 Å². The number of rotatable bonds is 1. The van der Waals surface area contributed by atoms with Gasteiger partial charge in [-0.2, -0.15) is 0 Å². The lowest BCUT2D eigenvalue weighted by Crippen LogP contribution is -2.14. The topological polar surface area (TPSA) is 17.8 Å². The molecular weight excluding hydrogens is 396 g/mol. The predicted molar refractivity (Wildman–Crippen MR) is 132 cm³/mol. The van der Waals surface area contributed by atoms with E-state index in [4.69, 9.17) is 4.98 Å². The Morgan fingerprint density at radius 2 is 1.48 bits per heavy atom. The molecule has 1 aliphatic carbocycles. The van der Waals surface area contributed by atoms with E-state index in [1.54, 1.807) is 11.3 Å². The fourth-order valence-electron chi connectivity index (χ4n) is 5.32. The SMILES string of the molecule is CC1(C)c2ccccc2-c2cc3c4ccccc4n(-c4nc5ccccc5s4)c3cc21. The van der Waals surface area contributed by atoms with E-state index in [9.17, 15) is 0 Å². The van der Waals surface area contributed by atoms with Crippen LogP contribution in [0.4, 0.5) is 0 Å². The van der Waals surface area contributed by atoms with Gasteiger partial charge in [-0.15, -0.1) is 0 Å². The minimum atomic E-state index is -0.0189. The molecule has 0 atom stereocenters. The molecule has 0 N–H and O–H groups in total. The Balaban J connectivity index is 1.63. The molecule has 4 aromatic carbocycles. The first-order valence-corrected chi connectivity index (χ1v) is 11.5. The molecule has 0 saturated carbocycles. The highest BCUT2D eigenvalue weighted by molar-refractivity contribution is 7.20. The van der Waals surface area contributed by atoms with Gasteiger partial charge in [0.1, 0.15) is 0 Å². The Labute approximate surface area is 184 Å². The zero-order chi connectivity index (χ0) is 20.7. The van der Waals surface area contributed by atoms with Crippen molar-refractivity contribution in [2.24, 2.45) is 0 Å². The number of nitrogens with zero attached hydrogens (tertiary/aromatic N) is 2. The fraction of sp³-hybridized carbons (Fsp3) is 0.107. The van der Waals surface area contributed by atoms with E-state index in [0.29, 0.717) is 0 Å². The lowest BCUT2D eigenvalue weighted by molar-refractivity contribution is 0.661. The Hall–Kier alpha value is -3.43. The maximum atomic E-state index is 5.01. The lowest BCUT2D eigenvalue weighted by atomic mass is 9.82. The van der Waals surface area contributed by atoms with Gasteiger partial charge < -0.3 is 0 Å². The molecule has 0 radical (unpaired) electrons. The lowest BCUT2D eigenvalue weighted by Gasteiger charge is -2.21. The molecule has 2 nitrogen and oxygen atoms in total. The summed E-state index contributed by atoms with van der Waals surface area (Å²) < 4.78 is 3.58. The van der Waals surface area contributed by atoms with E-state index in [2.05, 4.69) is 103 Å². The molecular formula is C28H20N2S. The molecule has 1 aliphatic rings.